The maximum Gasteiger partial charge on any atom is 0.226 e. The normalized spacial score (nSPS) is 14.8. The van der Waals surface area contributed by atoms with Gasteiger partial charge in [0.05, 0.1) is 18.3 Å². The summed E-state index contributed by atoms with van der Waals surface area (Å²) in [6.45, 7) is 2.34. The molecule has 3 rings (SSSR count). The van der Waals surface area contributed by atoms with Crippen molar-refractivity contribution in [3.8, 4) is 5.75 Å². The molecule has 1 N–H and O–H groups in total. The molecule has 1 aliphatic rings. The molecule has 2 heterocycles. The molecule has 2 aromatic heterocycles. The number of nitrogens with zero attached hydrogens (tertiary/aromatic N) is 2. The summed E-state index contributed by atoms with van der Waals surface area (Å²) in [4.78, 5) is 20.7. The van der Waals surface area contributed by atoms with E-state index in [2.05, 4.69) is 15.3 Å². The highest BCUT2D eigenvalue weighted by molar-refractivity contribution is 7.09. The SMILES string of the molecule is Cc1ccc(OCc2nc(CC(=O)NC3CCCC3)cs2)cn1. The van der Waals surface area contributed by atoms with Crippen LogP contribution >= 0.6 is 11.3 Å². The Morgan fingerprint density at radius 3 is 2.96 bits per heavy atom. The number of carbonyl (C=O) groups excluding carboxylic acids is 1. The van der Waals surface area contributed by atoms with Crippen LogP contribution in [0.1, 0.15) is 42.1 Å². The molecule has 122 valence electrons. The summed E-state index contributed by atoms with van der Waals surface area (Å²) in [7, 11) is 0. The van der Waals surface area contributed by atoms with E-state index in [9.17, 15) is 4.79 Å². The van der Waals surface area contributed by atoms with E-state index in [0.29, 0.717) is 19.1 Å². The third kappa shape index (κ3) is 4.76. The van der Waals surface area contributed by atoms with E-state index in [1.54, 1.807) is 6.20 Å². The van der Waals surface area contributed by atoms with Crippen LogP contribution in [0, 0.1) is 6.92 Å². The van der Waals surface area contributed by atoms with E-state index in [1.165, 1.54) is 24.2 Å². The summed E-state index contributed by atoms with van der Waals surface area (Å²) in [5.41, 5.74) is 1.77. The van der Waals surface area contributed by atoms with Gasteiger partial charge in [-0.1, -0.05) is 12.8 Å². The molecule has 0 radical (unpaired) electrons. The van der Waals surface area contributed by atoms with Gasteiger partial charge in [0.15, 0.2) is 0 Å². The number of aromatic nitrogens is 2. The average Bonchev–Trinajstić information content (AvgIpc) is 3.19. The summed E-state index contributed by atoms with van der Waals surface area (Å²) in [6, 6.07) is 4.17. The van der Waals surface area contributed by atoms with Crippen molar-refractivity contribution in [2.45, 2.75) is 51.7 Å². The van der Waals surface area contributed by atoms with Crippen LogP contribution in [-0.4, -0.2) is 21.9 Å². The van der Waals surface area contributed by atoms with Gasteiger partial charge in [-0.05, 0) is 31.9 Å². The van der Waals surface area contributed by atoms with E-state index < -0.39 is 0 Å². The number of carbonyl (C=O) groups is 1. The second kappa shape index (κ2) is 7.55. The van der Waals surface area contributed by atoms with Gasteiger partial charge in [0.2, 0.25) is 5.91 Å². The largest absolute Gasteiger partial charge is 0.485 e. The third-order valence-electron chi connectivity index (χ3n) is 3.91. The number of hydrogen-bond donors (Lipinski definition) is 1. The van der Waals surface area contributed by atoms with Gasteiger partial charge >= 0.3 is 0 Å². The lowest BCUT2D eigenvalue weighted by Crippen LogP contribution is -2.33. The predicted octanol–water partition coefficient (Wildman–Crippen LogP) is 3.03. The molecule has 0 spiro atoms. The number of thiazole rings is 1. The monoisotopic (exact) mass is 331 g/mol. The van der Waals surface area contributed by atoms with Crippen LogP contribution in [0.2, 0.25) is 0 Å². The number of pyridine rings is 1. The molecular weight excluding hydrogens is 310 g/mol. The molecule has 0 saturated heterocycles. The first-order valence-electron chi connectivity index (χ1n) is 7.97. The number of amides is 1. The molecule has 1 aliphatic carbocycles. The van der Waals surface area contributed by atoms with Crippen LogP contribution in [0.15, 0.2) is 23.7 Å². The van der Waals surface area contributed by atoms with Crippen LogP contribution in [0.5, 0.6) is 5.75 Å². The Kier molecular flexibility index (Phi) is 5.23. The molecule has 0 atom stereocenters. The van der Waals surface area contributed by atoms with Crippen LogP contribution < -0.4 is 10.1 Å². The first-order chi connectivity index (χ1) is 11.2. The zero-order chi connectivity index (χ0) is 16.1. The number of hydrogen-bond acceptors (Lipinski definition) is 5. The van der Waals surface area contributed by atoms with Gasteiger partial charge in [-0.25, -0.2) is 4.98 Å². The van der Waals surface area contributed by atoms with E-state index in [4.69, 9.17) is 4.74 Å². The maximum absolute atomic E-state index is 12.0. The Morgan fingerprint density at radius 2 is 2.22 bits per heavy atom. The Hall–Kier alpha value is -1.95. The van der Waals surface area contributed by atoms with Crippen molar-refractivity contribution >= 4 is 17.2 Å². The molecule has 23 heavy (non-hydrogen) atoms. The van der Waals surface area contributed by atoms with Crippen molar-refractivity contribution in [1.82, 2.24) is 15.3 Å². The quantitative estimate of drug-likeness (QED) is 0.884. The molecule has 2 aromatic rings. The van der Waals surface area contributed by atoms with Crippen molar-refractivity contribution in [2.24, 2.45) is 0 Å². The van der Waals surface area contributed by atoms with Crippen LogP contribution in [0.4, 0.5) is 0 Å². The number of rotatable bonds is 6. The van der Waals surface area contributed by atoms with Gasteiger partial charge < -0.3 is 10.1 Å². The smallest absolute Gasteiger partial charge is 0.226 e. The van der Waals surface area contributed by atoms with E-state index in [1.807, 2.05) is 24.4 Å². The zero-order valence-corrected chi connectivity index (χ0v) is 14.1. The number of ether oxygens (including phenoxy) is 1. The Morgan fingerprint density at radius 1 is 1.39 bits per heavy atom. The minimum Gasteiger partial charge on any atom is -0.485 e. The lowest BCUT2D eigenvalue weighted by Gasteiger charge is -2.10. The summed E-state index contributed by atoms with van der Waals surface area (Å²) < 4.78 is 5.66. The van der Waals surface area contributed by atoms with Gasteiger partial charge in [-0.15, -0.1) is 11.3 Å². The second-order valence-electron chi connectivity index (χ2n) is 5.88. The fourth-order valence-electron chi connectivity index (χ4n) is 2.69. The van der Waals surface area contributed by atoms with E-state index in [0.717, 1.165) is 35.0 Å². The standard InChI is InChI=1S/C17H21N3O2S/c1-12-6-7-15(9-18-12)22-10-17-20-14(11-23-17)8-16(21)19-13-4-2-3-5-13/h6-7,9,11,13H,2-5,8,10H2,1H3,(H,19,21). The Labute approximate surface area is 140 Å². The van der Waals surface area contributed by atoms with Crippen molar-refractivity contribution < 1.29 is 9.53 Å². The van der Waals surface area contributed by atoms with Crippen molar-refractivity contribution in [2.75, 3.05) is 0 Å². The summed E-state index contributed by atoms with van der Waals surface area (Å²) in [5, 5.41) is 5.89. The van der Waals surface area contributed by atoms with Crippen molar-refractivity contribution in [3.05, 3.63) is 40.1 Å². The number of nitrogens with one attached hydrogen (secondary N) is 1. The molecule has 6 heteroatoms. The fourth-order valence-corrected chi connectivity index (χ4v) is 3.40. The van der Waals surface area contributed by atoms with Gasteiger partial charge in [0.25, 0.3) is 0 Å². The molecule has 0 aliphatic heterocycles. The molecule has 1 fully saturated rings. The van der Waals surface area contributed by atoms with Gasteiger partial charge in [0, 0.05) is 17.1 Å². The van der Waals surface area contributed by atoms with Gasteiger partial charge in [0.1, 0.15) is 17.4 Å². The first-order valence-corrected chi connectivity index (χ1v) is 8.85. The average molecular weight is 331 g/mol. The van der Waals surface area contributed by atoms with E-state index >= 15 is 0 Å². The summed E-state index contributed by atoms with van der Waals surface area (Å²) >= 11 is 1.52. The predicted molar refractivity (Wildman–Crippen MR) is 89.5 cm³/mol. The fraction of sp³-hybridized carbons (Fsp3) is 0.471. The lowest BCUT2D eigenvalue weighted by atomic mass is 10.2. The highest BCUT2D eigenvalue weighted by atomic mass is 32.1. The second-order valence-corrected chi connectivity index (χ2v) is 6.82. The molecule has 5 nitrogen and oxygen atoms in total. The van der Waals surface area contributed by atoms with Crippen molar-refractivity contribution in [1.29, 1.82) is 0 Å². The van der Waals surface area contributed by atoms with Gasteiger partial charge in [-0.3, -0.25) is 9.78 Å². The molecule has 0 aromatic carbocycles. The molecule has 1 saturated carbocycles. The number of aryl methyl sites for hydroxylation is 1. The highest BCUT2D eigenvalue weighted by Crippen LogP contribution is 2.18. The van der Waals surface area contributed by atoms with Crippen LogP contribution in [0.25, 0.3) is 0 Å². The zero-order valence-electron chi connectivity index (χ0n) is 13.2. The first kappa shape index (κ1) is 15.9. The Balaban J connectivity index is 1.47. The minimum absolute atomic E-state index is 0.0670. The lowest BCUT2D eigenvalue weighted by molar-refractivity contribution is -0.121. The van der Waals surface area contributed by atoms with Crippen molar-refractivity contribution in [3.63, 3.8) is 0 Å². The Bertz CT molecular complexity index is 648. The third-order valence-corrected chi connectivity index (χ3v) is 4.78. The maximum atomic E-state index is 12.0. The molecular formula is C17H21N3O2S. The summed E-state index contributed by atoms with van der Waals surface area (Å²) in [5.74, 6) is 0.795. The summed E-state index contributed by atoms with van der Waals surface area (Å²) in [6.07, 6.45) is 6.70. The molecule has 0 unspecified atom stereocenters. The van der Waals surface area contributed by atoms with E-state index in [-0.39, 0.29) is 5.91 Å². The molecule has 1 amide bonds. The van der Waals surface area contributed by atoms with Crippen LogP contribution in [-0.2, 0) is 17.8 Å². The van der Waals surface area contributed by atoms with Gasteiger partial charge in [-0.2, -0.15) is 0 Å². The minimum atomic E-state index is 0.0670. The topological polar surface area (TPSA) is 64.1 Å². The van der Waals surface area contributed by atoms with Crippen LogP contribution in [0.3, 0.4) is 0 Å². The highest BCUT2D eigenvalue weighted by Gasteiger charge is 2.17. The molecule has 0 bridgehead atoms.